The van der Waals surface area contributed by atoms with Crippen LogP contribution in [0.25, 0.3) is 0 Å². The number of ether oxygens (including phenoxy) is 1. The SMILES string of the molecule is COc1cccc(CN2CCC(O)C(CO)C2)c1. The van der Waals surface area contributed by atoms with Gasteiger partial charge in [0.2, 0.25) is 0 Å². The Kier molecular flexibility index (Phi) is 4.58. The maximum Gasteiger partial charge on any atom is 0.119 e. The Bertz CT molecular complexity index is 383. The molecule has 1 aromatic rings. The van der Waals surface area contributed by atoms with E-state index >= 15 is 0 Å². The number of rotatable bonds is 4. The molecule has 1 aliphatic heterocycles. The summed E-state index contributed by atoms with van der Waals surface area (Å²) in [6.07, 6.45) is 0.367. The van der Waals surface area contributed by atoms with Gasteiger partial charge in [-0.15, -0.1) is 0 Å². The van der Waals surface area contributed by atoms with E-state index in [9.17, 15) is 10.2 Å². The molecule has 0 aliphatic carbocycles. The van der Waals surface area contributed by atoms with Crippen LogP contribution in [-0.2, 0) is 6.54 Å². The molecule has 2 unspecified atom stereocenters. The number of nitrogens with zero attached hydrogens (tertiary/aromatic N) is 1. The molecule has 0 saturated carbocycles. The van der Waals surface area contributed by atoms with Crippen molar-refractivity contribution in [2.45, 2.75) is 19.1 Å². The smallest absolute Gasteiger partial charge is 0.119 e. The second kappa shape index (κ2) is 6.18. The molecule has 4 nitrogen and oxygen atoms in total. The van der Waals surface area contributed by atoms with Gasteiger partial charge in [0.25, 0.3) is 0 Å². The van der Waals surface area contributed by atoms with Gasteiger partial charge in [-0.2, -0.15) is 0 Å². The van der Waals surface area contributed by atoms with Crippen LogP contribution in [0.4, 0.5) is 0 Å². The maximum absolute atomic E-state index is 9.73. The molecule has 0 amide bonds. The van der Waals surface area contributed by atoms with Crippen molar-refractivity contribution in [2.24, 2.45) is 5.92 Å². The van der Waals surface area contributed by atoms with Crippen LogP contribution in [0, 0.1) is 5.92 Å². The highest BCUT2D eigenvalue weighted by molar-refractivity contribution is 5.28. The summed E-state index contributed by atoms with van der Waals surface area (Å²) >= 11 is 0. The van der Waals surface area contributed by atoms with Crippen LogP contribution in [0.5, 0.6) is 5.75 Å². The van der Waals surface area contributed by atoms with E-state index in [0.29, 0.717) is 0 Å². The van der Waals surface area contributed by atoms with Gasteiger partial charge in [0, 0.05) is 32.2 Å². The summed E-state index contributed by atoms with van der Waals surface area (Å²) in [5.74, 6) is 0.840. The largest absolute Gasteiger partial charge is 0.497 e. The van der Waals surface area contributed by atoms with E-state index in [1.165, 1.54) is 5.56 Å². The third-order valence-corrected chi connectivity index (χ3v) is 3.55. The molecule has 1 aliphatic rings. The molecule has 0 radical (unpaired) electrons. The lowest BCUT2D eigenvalue weighted by Crippen LogP contribution is -2.44. The predicted molar refractivity (Wildman–Crippen MR) is 69.5 cm³/mol. The first kappa shape index (κ1) is 13.3. The molecule has 1 heterocycles. The quantitative estimate of drug-likeness (QED) is 0.834. The van der Waals surface area contributed by atoms with Crippen LogP contribution in [-0.4, -0.2) is 48.0 Å². The molecule has 0 bridgehead atoms. The predicted octanol–water partition coefficient (Wildman–Crippen LogP) is 0.870. The van der Waals surface area contributed by atoms with E-state index in [1.807, 2.05) is 18.2 Å². The van der Waals surface area contributed by atoms with Crippen LogP contribution < -0.4 is 4.74 Å². The summed E-state index contributed by atoms with van der Waals surface area (Å²) in [7, 11) is 1.66. The van der Waals surface area contributed by atoms with Crippen LogP contribution >= 0.6 is 0 Å². The van der Waals surface area contributed by atoms with Crippen molar-refractivity contribution in [3.63, 3.8) is 0 Å². The number of aliphatic hydroxyl groups is 2. The number of hydrogen-bond donors (Lipinski definition) is 2. The van der Waals surface area contributed by atoms with Gasteiger partial charge in [-0.05, 0) is 24.1 Å². The van der Waals surface area contributed by atoms with Crippen LogP contribution in [0.15, 0.2) is 24.3 Å². The summed E-state index contributed by atoms with van der Waals surface area (Å²) in [5.41, 5.74) is 1.20. The lowest BCUT2D eigenvalue weighted by atomic mass is 9.95. The third kappa shape index (κ3) is 3.22. The topological polar surface area (TPSA) is 52.9 Å². The molecule has 0 aromatic heterocycles. The van der Waals surface area contributed by atoms with E-state index in [-0.39, 0.29) is 18.6 Å². The van der Waals surface area contributed by atoms with Crippen LogP contribution in [0.1, 0.15) is 12.0 Å². The average Bonchev–Trinajstić information content (AvgIpc) is 2.41. The number of benzene rings is 1. The minimum Gasteiger partial charge on any atom is -0.497 e. The van der Waals surface area contributed by atoms with Gasteiger partial charge in [0.1, 0.15) is 5.75 Å². The zero-order chi connectivity index (χ0) is 13.0. The molecule has 1 saturated heterocycles. The highest BCUT2D eigenvalue weighted by Crippen LogP contribution is 2.20. The lowest BCUT2D eigenvalue weighted by Gasteiger charge is -2.35. The number of hydrogen-bond acceptors (Lipinski definition) is 4. The van der Waals surface area contributed by atoms with Gasteiger partial charge >= 0.3 is 0 Å². The molecule has 100 valence electrons. The monoisotopic (exact) mass is 251 g/mol. The Morgan fingerprint density at radius 3 is 3.00 bits per heavy atom. The van der Waals surface area contributed by atoms with Crippen molar-refractivity contribution in [1.82, 2.24) is 4.90 Å². The van der Waals surface area contributed by atoms with Crippen LogP contribution in [0.2, 0.25) is 0 Å². The van der Waals surface area contributed by atoms with Crippen molar-refractivity contribution in [3.8, 4) is 5.75 Å². The first-order valence-electron chi connectivity index (χ1n) is 6.37. The van der Waals surface area contributed by atoms with E-state index < -0.39 is 0 Å². The molecule has 0 spiro atoms. The van der Waals surface area contributed by atoms with E-state index in [4.69, 9.17) is 4.74 Å². The Hall–Kier alpha value is -1.10. The first-order chi connectivity index (χ1) is 8.72. The molecule has 2 rings (SSSR count). The molecule has 4 heteroatoms. The molecule has 1 aromatic carbocycles. The highest BCUT2D eigenvalue weighted by atomic mass is 16.5. The summed E-state index contributed by atoms with van der Waals surface area (Å²) in [6.45, 7) is 2.50. The third-order valence-electron chi connectivity index (χ3n) is 3.55. The Balaban J connectivity index is 1.96. The standard InChI is InChI=1S/C14H21NO3/c1-18-13-4-2-3-11(7-13)8-15-6-5-14(17)12(9-15)10-16/h2-4,7,12,14,16-17H,5-6,8-10H2,1H3. The normalized spacial score (nSPS) is 25.1. The minimum atomic E-state index is -0.364. The summed E-state index contributed by atoms with van der Waals surface area (Å²) < 4.78 is 5.20. The summed E-state index contributed by atoms with van der Waals surface area (Å²) in [4.78, 5) is 2.27. The Morgan fingerprint density at radius 1 is 1.44 bits per heavy atom. The second-order valence-corrected chi connectivity index (χ2v) is 4.89. The van der Waals surface area contributed by atoms with Crippen molar-refractivity contribution in [2.75, 3.05) is 26.8 Å². The highest BCUT2D eigenvalue weighted by Gasteiger charge is 2.26. The van der Waals surface area contributed by atoms with Crippen molar-refractivity contribution >= 4 is 0 Å². The van der Waals surface area contributed by atoms with Crippen molar-refractivity contribution < 1.29 is 14.9 Å². The van der Waals surface area contributed by atoms with E-state index in [1.54, 1.807) is 7.11 Å². The van der Waals surface area contributed by atoms with Gasteiger partial charge in [-0.3, -0.25) is 4.90 Å². The fraction of sp³-hybridized carbons (Fsp3) is 0.571. The number of piperidine rings is 1. The molecular formula is C14H21NO3. The molecule has 18 heavy (non-hydrogen) atoms. The summed E-state index contributed by atoms with van der Waals surface area (Å²) in [5, 5.41) is 18.9. The van der Waals surface area contributed by atoms with Crippen molar-refractivity contribution in [1.29, 1.82) is 0 Å². The van der Waals surface area contributed by atoms with Gasteiger partial charge in [0.15, 0.2) is 0 Å². The zero-order valence-corrected chi connectivity index (χ0v) is 10.7. The Labute approximate surface area is 108 Å². The average molecular weight is 251 g/mol. The second-order valence-electron chi connectivity index (χ2n) is 4.89. The van der Waals surface area contributed by atoms with E-state index in [2.05, 4.69) is 11.0 Å². The first-order valence-corrected chi connectivity index (χ1v) is 6.37. The maximum atomic E-state index is 9.73. The molecule has 1 fully saturated rings. The number of methoxy groups -OCH3 is 1. The van der Waals surface area contributed by atoms with Crippen molar-refractivity contribution in [3.05, 3.63) is 29.8 Å². The lowest BCUT2D eigenvalue weighted by molar-refractivity contribution is -0.00202. The van der Waals surface area contributed by atoms with Gasteiger partial charge in [-0.25, -0.2) is 0 Å². The number of likely N-dealkylation sites (tertiary alicyclic amines) is 1. The minimum absolute atomic E-state index is 0.0237. The zero-order valence-electron chi connectivity index (χ0n) is 10.7. The number of aliphatic hydroxyl groups excluding tert-OH is 2. The summed E-state index contributed by atoms with van der Waals surface area (Å²) in [6, 6.07) is 8.01. The fourth-order valence-electron chi connectivity index (χ4n) is 2.45. The van der Waals surface area contributed by atoms with Crippen LogP contribution in [0.3, 0.4) is 0 Å². The molecular weight excluding hydrogens is 230 g/mol. The molecule has 2 N–H and O–H groups in total. The van der Waals surface area contributed by atoms with Gasteiger partial charge < -0.3 is 14.9 Å². The van der Waals surface area contributed by atoms with Gasteiger partial charge in [-0.1, -0.05) is 12.1 Å². The molecule has 2 atom stereocenters. The van der Waals surface area contributed by atoms with E-state index in [0.717, 1.165) is 31.8 Å². The Morgan fingerprint density at radius 2 is 2.28 bits per heavy atom. The fourth-order valence-corrected chi connectivity index (χ4v) is 2.45. The van der Waals surface area contributed by atoms with Gasteiger partial charge in [0.05, 0.1) is 13.2 Å².